The first-order chi connectivity index (χ1) is 25.8. The summed E-state index contributed by atoms with van der Waals surface area (Å²) >= 11 is 0. The molecule has 0 atom stereocenters. The quantitative estimate of drug-likeness (QED) is 0.178. The zero-order valence-corrected chi connectivity index (χ0v) is 28.4. The van der Waals surface area contributed by atoms with Gasteiger partial charge in [-0.25, -0.2) is 0 Å². The average molecular weight is 661 g/mol. The molecule has 0 amide bonds. The first-order valence-electron chi connectivity index (χ1n) is 17.9. The van der Waals surface area contributed by atoms with E-state index in [9.17, 15) is 0 Å². The molecule has 0 radical (unpaired) electrons. The van der Waals surface area contributed by atoms with Crippen molar-refractivity contribution in [3.05, 3.63) is 194 Å². The molecule has 9 aromatic carbocycles. The van der Waals surface area contributed by atoms with Crippen LogP contribution in [0.2, 0.25) is 0 Å². The van der Waals surface area contributed by atoms with E-state index >= 15 is 0 Å². The predicted octanol–water partition coefficient (Wildman–Crippen LogP) is 13.9. The fourth-order valence-corrected chi connectivity index (χ4v) is 8.66. The van der Waals surface area contributed by atoms with E-state index in [2.05, 4.69) is 204 Å². The van der Waals surface area contributed by atoms with Crippen LogP contribution < -0.4 is 4.90 Å². The molecule has 0 saturated heterocycles. The third-order valence-electron chi connectivity index (χ3n) is 10.9. The zero-order chi connectivity index (χ0) is 34.2. The zero-order valence-electron chi connectivity index (χ0n) is 28.4. The Bertz CT molecular complexity index is 3020. The Kier molecular flexibility index (Phi) is 6.28. The molecule has 0 spiro atoms. The van der Waals surface area contributed by atoms with Crippen molar-refractivity contribution in [1.29, 1.82) is 0 Å². The second kappa shape index (κ2) is 11.3. The average Bonchev–Trinajstić information content (AvgIpc) is 3.73. The van der Waals surface area contributed by atoms with Crippen molar-refractivity contribution in [3.8, 4) is 39.1 Å². The van der Waals surface area contributed by atoms with E-state index in [1.165, 1.54) is 71.2 Å². The summed E-state index contributed by atoms with van der Waals surface area (Å²) < 4.78 is 2.48. The van der Waals surface area contributed by atoms with Crippen LogP contribution in [-0.4, -0.2) is 4.57 Å². The van der Waals surface area contributed by atoms with Crippen molar-refractivity contribution < 1.29 is 0 Å². The molecule has 52 heavy (non-hydrogen) atoms. The second-order valence-electron chi connectivity index (χ2n) is 13.7. The summed E-state index contributed by atoms with van der Waals surface area (Å²) in [6.45, 7) is 0. The summed E-state index contributed by atoms with van der Waals surface area (Å²) in [6, 6.07) is 71.0. The first kappa shape index (κ1) is 28.9. The van der Waals surface area contributed by atoms with Gasteiger partial charge in [-0.2, -0.15) is 0 Å². The van der Waals surface area contributed by atoms with Gasteiger partial charge in [-0.3, -0.25) is 0 Å². The predicted molar refractivity (Wildman–Crippen MR) is 220 cm³/mol. The van der Waals surface area contributed by atoms with Gasteiger partial charge in [0.25, 0.3) is 0 Å². The lowest BCUT2D eigenvalue weighted by atomic mass is 10.00. The Balaban J connectivity index is 1.13. The Labute approximate surface area is 302 Å². The molecule has 1 heterocycles. The molecule has 2 heteroatoms. The minimum atomic E-state index is 1.11. The molecule has 2 nitrogen and oxygen atoms in total. The smallest absolute Gasteiger partial charge is 0.0619 e. The molecule has 0 aliphatic heterocycles. The summed E-state index contributed by atoms with van der Waals surface area (Å²) in [5.41, 5.74) is 14.5. The minimum absolute atomic E-state index is 1.11. The lowest BCUT2D eigenvalue weighted by Crippen LogP contribution is -2.10. The maximum Gasteiger partial charge on any atom is 0.0619 e. The highest BCUT2D eigenvalue weighted by molar-refractivity contribution is 6.19. The van der Waals surface area contributed by atoms with Gasteiger partial charge in [0.2, 0.25) is 0 Å². The van der Waals surface area contributed by atoms with Crippen LogP contribution in [0, 0.1) is 0 Å². The lowest BCUT2D eigenvalue weighted by molar-refractivity contribution is 1.19. The number of aromatic nitrogens is 1. The number of benzene rings is 9. The van der Waals surface area contributed by atoms with Gasteiger partial charge < -0.3 is 9.47 Å². The van der Waals surface area contributed by atoms with Crippen molar-refractivity contribution in [2.75, 3.05) is 4.90 Å². The molecule has 0 fully saturated rings. The molecule has 1 aliphatic rings. The Morgan fingerprint density at radius 3 is 1.88 bits per heavy atom. The monoisotopic (exact) mass is 660 g/mol. The largest absolute Gasteiger partial charge is 0.310 e. The van der Waals surface area contributed by atoms with E-state index in [0.29, 0.717) is 0 Å². The number of para-hydroxylation sites is 3. The maximum absolute atomic E-state index is 2.48. The fraction of sp³-hybridized carbons (Fsp3) is 0. The van der Waals surface area contributed by atoms with Crippen LogP contribution in [-0.2, 0) is 0 Å². The Morgan fingerprint density at radius 1 is 0.346 bits per heavy atom. The maximum atomic E-state index is 2.48. The number of nitrogens with zero attached hydrogens (tertiary/aromatic N) is 2. The van der Waals surface area contributed by atoms with Gasteiger partial charge in [-0.05, 0) is 92.5 Å². The summed E-state index contributed by atoms with van der Waals surface area (Å²) in [5.74, 6) is 0. The van der Waals surface area contributed by atoms with Crippen molar-refractivity contribution in [2.45, 2.75) is 0 Å². The van der Waals surface area contributed by atoms with Crippen LogP contribution in [0.3, 0.4) is 0 Å². The summed E-state index contributed by atoms with van der Waals surface area (Å²) in [5, 5.41) is 7.61. The normalized spacial score (nSPS) is 11.8. The van der Waals surface area contributed by atoms with Gasteiger partial charge in [-0.1, -0.05) is 146 Å². The molecule has 0 unspecified atom stereocenters. The summed E-state index contributed by atoms with van der Waals surface area (Å²) in [4.78, 5) is 2.41. The number of hydrogen-bond donors (Lipinski definition) is 0. The summed E-state index contributed by atoms with van der Waals surface area (Å²) in [6.07, 6.45) is 0. The van der Waals surface area contributed by atoms with Crippen LogP contribution in [0.1, 0.15) is 0 Å². The molecule has 11 rings (SSSR count). The van der Waals surface area contributed by atoms with Gasteiger partial charge in [0.05, 0.1) is 16.7 Å². The first-order valence-corrected chi connectivity index (χ1v) is 17.9. The standard InChI is InChI=1S/C50H32N2/c1-2-17-36(18-3-1)51(38-31-35-16-13-25-44-41-22-6-7-23-42(41)46(32-38)49(35)44)37-19-12-15-34(30-37)39-20-8-10-26-47(39)52-48-27-11-9-24-43(48)45-29-28-33-14-4-5-21-40(33)50(45)52/h1-32H. The highest BCUT2D eigenvalue weighted by Gasteiger charge is 2.24. The topological polar surface area (TPSA) is 8.17 Å². The SMILES string of the molecule is c1ccc(N(c2cccc(-c3ccccc3-n3c4ccccc4c4ccc5ccccc5c43)c2)c2cc3c4c(cccc4c2)-c2ccccc2-3)cc1. The van der Waals surface area contributed by atoms with Gasteiger partial charge in [0.15, 0.2) is 0 Å². The number of fused-ring (bicyclic) bond motifs is 8. The van der Waals surface area contributed by atoms with Gasteiger partial charge in [0.1, 0.15) is 0 Å². The number of hydrogen-bond acceptors (Lipinski definition) is 1. The van der Waals surface area contributed by atoms with Gasteiger partial charge in [-0.15, -0.1) is 0 Å². The van der Waals surface area contributed by atoms with Crippen molar-refractivity contribution in [2.24, 2.45) is 0 Å². The summed E-state index contributed by atoms with van der Waals surface area (Å²) in [7, 11) is 0. The number of rotatable bonds is 5. The Morgan fingerprint density at radius 2 is 1.00 bits per heavy atom. The highest BCUT2D eigenvalue weighted by atomic mass is 15.1. The van der Waals surface area contributed by atoms with E-state index in [0.717, 1.165) is 28.3 Å². The Hall–Kier alpha value is -6.90. The molecule has 0 saturated carbocycles. The van der Waals surface area contributed by atoms with Gasteiger partial charge in [0, 0.05) is 38.8 Å². The van der Waals surface area contributed by atoms with Crippen molar-refractivity contribution in [1.82, 2.24) is 4.57 Å². The third-order valence-corrected chi connectivity index (χ3v) is 10.9. The van der Waals surface area contributed by atoms with E-state index < -0.39 is 0 Å². The van der Waals surface area contributed by atoms with E-state index in [1.807, 2.05) is 0 Å². The van der Waals surface area contributed by atoms with Crippen molar-refractivity contribution >= 4 is 60.4 Å². The molecule has 242 valence electrons. The van der Waals surface area contributed by atoms with E-state index in [-0.39, 0.29) is 0 Å². The fourth-order valence-electron chi connectivity index (χ4n) is 8.66. The van der Waals surface area contributed by atoms with Crippen LogP contribution in [0.4, 0.5) is 17.1 Å². The van der Waals surface area contributed by atoms with E-state index in [4.69, 9.17) is 0 Å². The molecule has 0 N–H and O–H groups in total. The molecular weight excluding hydrogens is 629 g/mol. The van der Waals surface area contributed by atoms with Crippen molar-refractivity contribution in [3.63, 3.8) is 0 Å². The lowest BCUT2D eigenvalue weighted by Gasteiger charge is -2.27. The highest BCUT2D eigenvalue weighted by Crippen LogP contribution is 2.50. The molecule has 10 aromatic rings. The molecule has 1 aliphatic carbocycles. The van der Waals surface area contributed by atoms with E-state index in [1.54, 1.807) is 0 Å². The van der Waals surface area contributed by atoms with Crippen LogP contribution in [0.5, 0.6) is 0 Å². The third kappa shape index (κ3) is 4.25. The molecule has 1 aromatic heterocycles. The molecular formula is C50H32N2. The van der Waals surface area contributed by atoms with Crippen LogP contribution >= 0.6 is 0 Å². The molecule has 0 bridgehead atoms. The minimum Gasteiger partial charge on any atom is -0.310 e. The number of anilines is 3. The van der Waals surface area contributed by atoms with Gasteiger partial charge >= 0.3 is 0 Å². The van der Waals surface area contributed by atoms with Crippen LogP contribution in [0.15, 0.2) is 194 Å². The second-order valence-corrected chi connectivity index (χ2v) is 13.7. The van der Waals surface area contributed by atoms with Crippen LogP contribution in [0.25, 0.3) is 82.4 Å².